The number of rotatable bonds is 4. The molecular weight excluding hydrogens is 379 g/mol. The average molecular weight is 396 g/mol. The van der Waals surface area contributed by atoms with Gasteiger partial charge in [-0.25, -0.2) is 14.2 Å². The molecule has 0 bridgehead atoms. The largest absolute Gasteiger partial charge is 0.438 e. The van der Waals surface area contributed by atoms with Crippen LogP contribution in [0.4, 0.5) is 4.39 Å². The van der Waals surface area contributed by atoms with Crippen LogP contribution >= 0.6 is 11.3 Å². The number of likely N-dealkylation sites (tertiary alicyclic amines) is 1. The molecule has 0 aliphatic carbocycles. The number of nitrogens with zero attached hydrogens (tertiary/aromatic N) is 4. The molecule has 1 unspecified atom stereocenters. The molecule has 1 aliphatic rings. The number of hydrogen-bond acceptors (Lipinski definition) is 6. The zero-order valence-electron chi connectivity index (χ0n) is 14.9. The zero-order valence-corrected chi connectivity index (χ0v) is 15.7. The van der Waals surface area contributed by atoms with Crippen molar-refractivity contribution < 1.29 is 8.81 Å². The number of para-hydroxylation sites is 1. The van der Waals surface area contributed by atoms with Crippen molar-refractivity contribution in [3.05, 3.63) is 69.9 Å². The van der Waals surface area contributed by atoms with Crippen LogP contribution in [0, 0.1) is 5.82 Å². The van der Waals surface area contributed by atoms with Gasteiger partial charge in [-0.05, 0) is 49.2 Å². The lowest BCUT2D eigenvalue weighted by atomic mass is 10.2. The summed E-state index contributed by atoms with van der Waals surface area (Å²) in [5.41, 5.74) is 1.58. The summed E-state index contributed by atoms with van der Waals surface area (Å²) in [5, 5.41) is 5.36. The van der Waals surface area contributed by atoms with E-state index in [9.17, 15) is 9.18 Å². The third kappa shape index (κ3) is 3.14. The lowest BCUT2D eigenvalue weighted by Crippen LogP contribution is -2.31. The van der Waals surface area contributed by atoms with Crippen molar-refractivity contribution >= 4 is 21.6 Å². The summed E-state index contributed by atoms with van der Waals surface area (Å²) in [4.78, 5) is 19.3. The maximum atomic E-state index is 13.1. The minimum Gasteiger partial charge on any atom is -0.388 e. The Morgan fingerprint density at radius 1 is 1.18 bits per heavy atom. The number of benzene rings is 2. The third-order valence-electron chi connectivity index (χ3n) is 4.97. The van der Waals surface area contributed by atoms with E-state index in [-0.39, 0.29) is 17.7 Å². The van der Waals surface area contributed by atoms with E-state index in [1.54, 1.807) is 23.5 Å². The van der Waals surface area contributed by atoms with Crippen LogP contribution in [0.25, 0.3) is 21.7 Å². The van der Waals surface area contributed by atoms with Crippen LogP contribution in [0.5, 0.6) is 0 Å². The highest BCUT2D eigenvalue weighted by Gasteiger charge is 2.29. The van der Waals surface area contributed by atoms with Gasteiger partial charge in [0.15, 0.2) is 0 Å². The molecule has 2 aromatic heterocycles. The molecule has 0 radical (unpaired) electrons. The summed E-state index contributed by atoms with van der Waals surface area (Å²) in [7, 11) is 0. The van der Waals surface area contributed by atoms with E-state index in [1.807, 2.05) is 18.2 Å². The molecule has 0 saturated carbocycles. The monoisotopic (exact) mass is 396 g/mol. The summed E-state index contributed by atoms with van der Waals surface area (Å²) in [6.07, 6.45) is 2.04. The Labute approximate surface area is 163 Å². The van der Waals surface area contributed by atoms with Crippen LogP contribution < -0.4 is 5.76 Å². The molecule has 142 valence electrons. The van der Waals surface area contributed by atoms with Gasteiger partial charge in [0.25, 0.3) is 0 Å². The van der Waals surface area contributed by atoms with Crippen molar-refractivity contribution in [1.82, 2.24) is 19.7 Å². The van der Waals surface area contributed by atoms with Gasteiger partial charge >= 0.3 is 5.76 Å². The predicted octanol–water partition coefficient (Wildman–Crippen LogP) is 4.05. The van der Waals surface area contributed by atoms with E-state index in [4.69, 9.17) is 9.40 Å². The van der Waals surface area contributed by atoms with Crippen molar-refractivity contribution in [2.45, 2.75) is 25.6 Å². The minimum atomic E-state index is -0.519. The number of fused-ring (bicyclic) bond motifs is 1. The Kier molecular flexibility index (Phi) is 4.29. The molecule has 1 fully saturated rings. The quantitative estimate of drug-likeness (QED) is 0.521. The first kappa shape index (κ1) is 17.3. The van der Waals surface area contributed by atoms with Crippen molar-refractivity contribution in [3.63, 3.8) is 0 Å². The van der Waals surface area contributed by atoms with E-state index in [2.05, 4.69) is 16.1 Å². The van der Waals surface area contributed by atoms with Crippen LogP contribution in [0.2, 0.25) is 0 Å². The van der Waals surface area contributed by atoms with Gasteiger partial charge in [0.2, 0.25) is 5.89 Å². The van der Waals surface area contributed by atoms with Gasteiger partial charge in [-0.15, -0.1) is 16.4 Å². The van der Waals surface area contributed by atoms with E-state index in [0.29, 0.717) is 12.2 Å². The van der Waals surface area contributed by atoms with Crippen molar-refractivity contribution in [2.75, 3.05) is 6.54 Å². The first-order valence-electron chi connectivity index (χ1n) is 9.11. The molecule has 2 aromatic carbocycles. The minimum absolute atomic E-state index is 0.162. The van der Waals surface area contributed by atoms with Crippen LogP contribution in [0.1, 0.15) is 23.9 Å². The summed E-state index contributed by atoms with van der Waals surface area (Å²) >= 11 is 1.70. The molecule has 1 saturated heterocycles. The second-order valence-corrected chi connectivity index (χ2v) is 7.87. The van der Waals surface area contributed by atoms with Gasteiger partial charge in [-0.3, -0.25) is 4.90 Å². The molecule has 1 aliphatic heterocycles. The molecule has 8 heteroatoms. The Balaban J connectivity index is 1.40. The molecule has 6 nitrogen and oxygen atoms in total. The molecule has 4 aromatic rings. The summed E-state index contributed by atoms with van der Waals surface area (Å²) in [6.45, 7) is 1.20. The molecule has 0 amide bonds. The highest BCUT2D eigenvalue weighted by molar-refractivity contribution is 7.18. The standard InChI is InChI=1S/C20H17FN4O2S/c21-14-9-7-13(8-10-14)18-23-25(20(26)27-18)12-24-11-3-5-16(24)19-22-15-4-1-2-6-17(15)28-19/h1-2,4,6-10,16H,3,5,11-12H2. The van der Waals surface area contributed by atoms with E-state index in [1.165, 1.54) is 21.5 Å². The Morgan fingerprint density at radius 3 is 2.82 bits per heavy atom. The van der Waals surface area contributed by atoms with Crippen molar-refractivity contribution in [2.24, 2.45) is 0 Å². The van der Waals surface area contributed by atoms with E-state index >= 15 is 0 Å². The van der Waals surface area contributed by atoms with E-state index < -0.39 is 5.76 Å². The molecule has 5 rings (SSSR count). The van der Waals surface area contributed by atoms with Crippen LogP contribution in [-0.4, -0.2) is 26.2 Å². The summed E-state index contributed by atoms with van der Waals surface area (Å²) < 4.78 is 20.9. The van der Waals surface area contributed by atoms with Crippen molar-refractivity contribution in [3.8, 4) is 11.5 Å². The molecule has 28 heavy (non-hydrogen) atoms. The Hall–Kier alpha value is -2.84. The molecule has 1 atom stereocenters. The number of thiazole rings is 1. The zero-order chi connectivity index (χ0) is 19.1. The third-order valence-corrected chi connectivity index (χ3v) is 6.11. The Morgan fingerprint density at radius 2 is 2.00 bits per heavy atom. The lowest BCUT2D eigenvalue weighted by molar-refractivity contribution is 0.185. The molecule has 3 heterocycles. The first-order valence-corrected chi connectivity index (χ1v) is 9.92. The van der Waals surface area contributed by atoms with Crippen molar-refractivity contribution in [1.29, 1.82) is 0 Å². The molecule has 0 spiro atoms. The van der Waals surface area contributed by atoms with Gasteiger partial charge in [0.05, 0.1) is 16.3 Å². The maximum absolute atomic E-state index is 13.1. The first-order chi connectivity index (χ1) is 13.7. The van der Waals surface area contributed by atoms with Gasteiger partial charge in [0.1, 0.15) is 17.5 Å². The van der Waals surface area contributed by atoms with Gasteiger partial charge < -0.3 is 4.42 Å². The van der Waals surface area contributed by atoms with E-state index in [0.717, 1.165) is 29.9 Å². The van der Waals surface area contributed by atoms with Gasteiger partial charge in [0, 0.05) is 12.1 Å². The fraction of sp³-hybridized carbons (Fsp3) is 0.250. The SMILES string of the molecule is O=c1oc(-c2ccc(F)cc2)nn1CN1CCCC1c1nc2ccccc2s1. The number of aromatic nitrogens is 3. The van der Waals surface area contributed by atoms with Crippen LogP contribution in [0.15, 0.2) is 57.7 Å². The van der Waals surface area contributed by atoms with Gasteiger partial charge in [-0.2, -0.15) is 4.68 Å². The fourth-order valence-electron chi connectivity index (χ4n) is 3.58. The topological polar surface area (TPSA) is 64.2 Å². The smallest absolute Gasteiger partial charge is 0.388 e. The van der Waals surface area contributed by atoms with Gasteiger partial charge in [-0.1, -0.05) is 12.1 Å². The highest BCUT2D eigenvalue weighted by Crippen LogP contribution is 2.36. The second kappa shape index (κ2) is 6.96. The average Bonchev–Trinajstić information content (AvgIpc) is 3.41. The predicted molar refractivity (Wildman–Crippen MR) is 104 cm³/mol. The molecular formula is C20H17FN4O2S. The maximum Gasteiger partial charge on any atom is 0.438 e. The normalized spacial score (nSPS) is 17.5. The van der Waals surface area contributed by atoms with Crippen LogP contribution in [0.3, 0.4) is 0 Å². The van der Waals surface area contributed by atoms with Crippen LogP contribution in [-0.2, 0) is 6.67 Å². The number of halogens is 1. The Bertz CT molecular complexity index is 1150. The highest BCUT2D eigenvalue weighted by atomic mass is 32.1. The summed E-state index contributed by atoms with van der Waals surface area (Å²) in [5.74, 6) is -0.670. The lowest BCUT2D eigenvalue weighted by Gasteiger charge is -2.21. The molecule has 0 N–H and O–H groups in total. The number of hydrogen-bond donors (Lipinski definition) is 0. The summed E-state index contributed by atoms with van der Waals surface area (Å²) in [6, 6.07) is 14.0. The second-order valence-electron chi connectivity index (χ2n) is 6.81. The fourth-order valence-corrected chi connectivity index (χ4v) is 4.72.